The van der Waals surface area contributed by atoms with E-state index in [0.29, 0.717) is 0 Å². The van der Waals surface area contributed by atoms with E-state index in [1.807, 2.05) is 20.8 Å². The van der Waals surface area contributed by atoms with E-state index in [4.69, 9.17) is 9.84 Å². The quantitative estimate of drug-likeness (QED) is 0.693. The minimum atomic E-state index is -0.970. The van der Waals surface area contributed by atoms with Crippen LogP contribution in [0.2, 0.25) is 0 Å². The molecule has 0 spiro atoms. The lowest BCUT2D eigenvalue weighted by Crippen LogP contribution is -2.40. The van der Waals surface area contributed by atoms with E-state index in [1.165, 1.54) is 7.11 Å². The minimum Gasteiger partial charge on any atom is -0.468 e. The molecular formula is C10H20O4. The van der Waals surface area contributed by atoms with Crippen molar-refractivity contribution < 1.29 is 19.4 Å². The molecule has 0 aromatic carbocycles. The Balaban J connectivity index is 4.34. The maximum Gasteiger partial charge on any atom is 0.316 e. The summed E-state index contributed by atoms with van der Waals surface area (Å²) in [4.78, 5) is 11.3. The lowest BCUT2D eigenvalue weighted by Gasteiger charge is -2.28. The van der Waals surface area contributed by atoms with Gasteiger partial charge in [-0.05, 0) is 27.7 Å². The zero-order valence-corrected chi connectivity index (χ0v) is 9.59. The van der Waals surface area contributed by atoms with Crippen molar-refractivity contribution in [3.63, 3.8) is 0 Å². The highest BCUT2D eigenvalue weighted by Crippen LogP contribution is 2.21. The van der Waals surface area contributed by atoms with Gasteiger partial charge < -0.3 is 14.6 Å². The summed E-state index contributed by atoms with van der Waals surface area (Å²) in [5.74, 6) is -0.454. The van der Waals surface area contributed by atoms with Crippen molar-refractivity contribution in [3.8, 4) is 0 Å². The molecule has 0 saturated carbocycles. The summed E-state index contributed by atoms with van der Waals surface area (Å²) in [5, 5.41) is 9.10. The molecule has 1 atom stereocenters. The summed E-state index contributed by atoms with van der Waals surface area (Å²) >= 11 is 0. The van der Waals surface area contributed by atoms with Crippen LogP contribution < -0.4 is 0 Å². The monoisotopic (exact) mass is 204 g/mol. The summed E-state index contributed by atoms with van der Waals surface area (Å²) in [6.07, 6.45) is 0. The lowest BCUT2D eigenvalue weighted by atomic mass is 9.93. The van der Waals surface area contributed by atoms with E-state index in [9.17, 15) is 4.79 Å². The lowest BCUT2D eigenvalue weighted by molar-refractivity contribution is -0.162. The van der Waals surface area contributed by atoms with Crippen molar-refractivity contribution in [2.45, 2.75) is 33.3 Å². The molecule has 0 fully saturated rings. The van der Waals surface area contributed by atoms with Gasteiger partial charge in [-0.1, -0.05) is 0 Å². The van der Waals surface area contributed by atoms with E-state index in [1.54, 1.807) is 6.92 Å². The molecule has 0 aromatic rings. The number of ether oxygens (including phenoxy) is 2. The maximum absolute atomic E-state index is 11.3. The number of aliphatic hydroxyl groups excluding tert-OH is 1. The number of hydrogen-bond acceptors (Lipinski definition) is 4. The summed E-state index contributed by atoms with van der Waals surface area (Å²) in [6.45, 7) is 7.16. The highest BCUT2D eigenvalue weighted by Gasteiger charge is 2.35. The van der Waals surface area contributed by atoms with Crippen LogP contribution in [0.25, 0.3) is 0 Å². The Hall–Kier alpha value is -0.610. The van der Waals surface area contributed by atoms with Crippen LogP contribution in [0, 0.1) is 5.41 Å². The molecule has 0 aliphatic carbocycles. The molecule has 0 saturated heterocycles. The van der Waals surface area contributed by atoms with E-state index < -0.39 is 11.4 Å². The molecule has 1 N–H and O–H groups in total. The van der Waals surface area contributed by atoms with Gasteiger partial charge >= 0.3 is 5.97 Å². The largest absolute Gasteiger partial charge is 0.468 e. The first-order chi connectivity index (χ1) is 6.25. The Morgan fingerprint density at radius 1 is 1.29 bits per heavy atom. The fourth-order valence-corrected chi connectivity index (χ4v) is 0.791. The Kier molecular flexibility index (Phi) is 4.55. The standard InChI is InChI=1S/C10H20O4/c1-9(2,3)14-7-10(4,6-11)8(12)13-5/h11H,6-7H2,1-5H3/t10-/m0/s1. The van der Waals surface area contributed by atoms with Crippen molar-refractivity contribution in [1.29, 1.82) is 0 Å². The van der Waals surface area contributed by atoms with Gasteiger partial charge in [0.1, 0.15) is 5.41 Å². The molecular weight excluding hydrogens is 184 g/mol. The van der Waals surface area contributed by atoms with Gasteiger partial charge in [0.25, 0.3) is 0 Å². The molecule has 0 heterocycles. The van der Waals surface area contributed by atoms with Crippen LogP contribution in [0.4, 0.5) is 0 Å². The molecule has 0 aromatic heterocycles. The third-order valence-electron chi connectivity index (χ3n) is 1.85. The van der Waals surface area contributed by atoms with Crippen LogP contribution in [0.5, 0.6) is 0 Å². The maximum atomic E-state index is 11.3. The van der Waals surface area contributed by atoms with Gasteiger partial charge in [-0.2, -0.15) is 0 Å². The third kappa shape index (κ3) is 4.07. The van der Waals surface area contributed by atoms with Crippen molar-refractivity contribution >= 4 is 5.97 Å². The zero-order chi connectivity index (χ0) is 11.4. The van der Waals surface area contributed by atoms with Gasteiger partial charge in [-0.3, -0.25) is 4.79 Å². The van der Waals surface area contributed by atoms with Crippen LogP contribution >= 0.6 is 0 Å². The molecule has 0 aliphatic heterocycles. The second-order valence-electron chi connectivity index (χ2n) is 4.61. The molecule has 14 heavy (non-hydrogen) atoms. The fourth-order valence-electron chi connectivity index (χ4n) is 0.791. The van der Waals surface area contributed by atoms with Crippen molar-refractivity contribution in [2.24, 2.45) is 5.41 Å². The first-order valence-electron chi connectivity index (χ1n) is 4.58. The van der Waals surface area contributed by atoms with Crippen molar-refractivity contribution in [3.05, 3.63) is 0 Å². The van der Waals surface area contributed by atoms with Gasteiger partial charge in [-0.15, -0.1) is 0 Å². The van der Waals surface area contributed by atoms with E-state index in [2.05, 4.69) is 4.74 Å². The van der Waals surface area contributed by atoms with Crippen LogP contribution in [0.3, 0.4) is 0 Å². The minimum absolute atomic E-state index is 0.152. The van der Waals surface area contributed by atoms with Crippen LogP contribution in [0.1, 0.15) is 27.7 Å². The van der Waals surface area contributed by atoms with Gasteiger partial charge in [-0.25, -0.2) is 0 Å². The number of carbonyl (C=O) groups excluding carboxylic acids is 1. The molecule has 4 nitrogen and oxygen atoms in total. The molecule has 0 aliphatic rings. The topological polar surface area (TPSA) is 55.8 Å². The molecule has 0 rings (SSSR count). The van der Waals surface area contributed by atoms with Crippen LogP contribution in [-0.4, -0.2) is 37.0 Å². The number of rotatable bonds is 4. The first kappa shape index (κ1) is 13.4. The number of carbonyl (C=O) groups is 1. The SMILES string of the molecule is COC(=O)[C@@](C)(CO)COC(C)(C)C. The Labute approximate surface area is 85.2 Å². The Morgan fingerprint density at radius 3 is 2.07 bits per heavy atom. The summed E-state index contributed by atoms with van der Waals surface area (Å²) in [5.41, 5.74) is -1.30. The second kappa shape index (κ2) is 4.75. The van der Waals surface area contributed by atoms with Gasteiger partial charge in [0.05, 0.1) is 25.9 Å². The smallest absolute Gasteiger partial charge is 0.316 e. The van der Waals surface area contributed by atoms with Gasteiger partial charge in [0, 0.05) is 0 Å². The fraction of sp³-hybridized carbons (Fsp3) is 0.900. The molecule has 0 amide bonds. The third-order valence-corrected chi connectivity index (χ3v) is 1.85. The summed E-state index contributed by atoms with van der Waals surface area (Å²) in [7, 11) is 1.30. The van der Waals surface area contributed by atoms with E-state index >= 15 is 0 Å². The zero-order valence-electron chi connectivity index (χ0n) is 9.59. The normalized spacial score (nSPS) is 16.1. The molecule has 0 bridgehead atoms. The average molecular weight is 204 g/mol. The number of methoxy groups -OCH3 is 1. The molecule has 0 radical (unpaired) electrons. The molecule has 84 valence electrons. The number of aliphatic hydroxyl groups is 1. The van der Waals surface area contributed by atoms with Gasteiger partial charge in [0.2, 0.25) is 0 Å². The van der Waals surface area contributed by atoms with Gasteiger partial charge in [0.15, 0.2) is 0 Å². The first-order valence-corrected chi connectivity index (χ1v) is 4.58. The average Bonchev–Trinajstić information content (AvgIpc) is 2.11. The number of esters is 1. The highest BCUT2D eigenvalue weighted by atomic mass is 16.5. The molecule has 0 unspecified atom stereocenters. The predicted molar refractivity (Wildman–Crippen MR) is 52.9 cm³/mol. The second-order valence-corrected chi connectivity index (χ2v) is 4.61. The van der Waals surface area contributed by atoms with Crippen LogP contribution in [0.15, 0.2) is 0 Å². The molecule has 4 heteroatoms. The highest BCUT2D eigenvalue weighted by molar-refractivity contribution is 5.76. The summed E-state index contributed by atoms with van der Waals surface area (Å²) < 4.78 is 10.0. The van der Waals surface area contributed by atoms with E-state index in [-0.39, 0.29) is 18.8 Å². The summed E-state index contributed by atoms with van der Waals surface area (Å²) in [6, 6.07) is 0. The van der Waals surface area contributed by atoms with E-state index in [0.717, 1.165) is 0 Å². The van der Waals surface area contributed by atoms with Crippen LogP contribution in [-0.2, 0) is 14.3 Å². The van der Waals surface area contributed by atoms with Crippen molar-refractivity contribution in [2.75, 3.05) is 20.3 Å². The Bertz CT molecular complexity index is 195. The predicted octanol–water partition coefficient (Wildman–Crippen LogP) is 0.973. The Morgan fingerprint density at radius 2 is 1.79 bits per heavy atom. The van der Waals surface area contributed by atoms with Crippen molar-refractivity contribution in [1.82, 2.24) is 0 Å². The number of hydrogen-bond donors (Lipinski definition) is 1.